The molecule has 3 N–H and O–H groups in total. The Morgan fingerprint density at radius 2 is 1.95 bits per heavy atom. The van der Waals surface area contributed by atoms with Gasteiger partial charge in [0.15, 0.2) is 11.5 Å². The summed E-state index contributed by atoms with van der Waals surface area (Å²) in [5, 5.41) is 22.8. The fraction of sp³-hybridized carbons (Fsp3) is 0.312. The van der Waals surface area contributed by atoms with Gasteiger partial charge in [0.2, 0.25) is 10.3 Å². The predicted octanol–water partition coefficient (Wildman–Crippen LogP) is 1.26. The van der Waals surface area contributed by atoms with Crippen molar-refractivity contribution < 1.29 is 18.6 Å². The van der Waals surface area contributed by atoms with E-state index in [4.69, 9.17) is 0 Å². The van der Waals surface area contributed by atoms with Crippen molar-refractivity contribution in [3.8, 4) is 11.5 Å². The number of fused-ring (bicyclic) bond motifs is 1. The summed E-state index contributed by atoms with van der Waals surface area (Å²) < 4.78 is 23.0. The van der Waals surface area contributed by atoms with Crippen LogP contribution in [0.4, 0.5) is 0 Å². The van der Waals surface area contributed by atoms with Gasteiger partial charge in [0.1, 0.15) is 0 Å². The first-order chi connectivity index (χ1) is 10.6. The zero-order valence-electron chi connectivity index (χ0n) is 11.9. The second-order valence-corrected chi connectivity index (χ2v) is 6.42. The lowest BCUT2D eigenvalue weighted by Crippen LogP contribution is -2.24. The van der Waals surface area contributed by atoms with Crippen LogP contribution in [0.25, 0.3) is 0 Å². The molecule has 1 heterocycles. The van der Waals surface area contributed by atoms with Crippen LogP contribution in [0.3, 0.4) is 0 Å². The van der Waals surface area contributed by atoms with Crippen molar-refractivity contribution in [2.45, 2.75) is 18.8 Å². The predicted molar refractivity (Wildman–Crippen MR) is 84.9 cm³/mol. The smallest absolute Gasteiger partial charge is 0.217 e. The zero-order valence-corrected chi connectivity index (χ0v) is 12.7. The lowest BCUT2D eigenvalue weighted by molar-refractivity contribution is 0.402. The van der Waals surface area contributed by atoms with Gasteiger partial charge in [-0.05, 0) is 41.8 Å². The third-order valence-corrected chi connectivity index (χ3v) is 4.95. The van der Waals surface area contributed by atoms with E-state index >= 15 is 0 Å². The molecule has 0 spiro atoms. The first kappa shape index (κ1) is 14.9. The summed E-state index contributed by atoms with van der Waals surface area (Å²) in [6, 6.07) is 3.12. The molecule has 2 aliphatic rings. The maximum absolute atomic E-state index is 11.5. The number of hydrogen-bond acceptors (Lipinski definition) is 5. The van der Waals surface area contributed by atoms with Crippen LogP contribution < -0.4 is 5.32 Å². The molecule has 1 atom stereocenters. The topological polar surface area (TPSA) is 86.6 Å². The fourth-order valence-electron chi connectivity index (χ4n) is 3.07. The molecular formula is C16H17NO4S. The Labute approximate surface area is 130 Å². The number of aromatic hydroxyl groups is 2. The van der Waals surface area contributed by atoms with Crippen LogP contribution in [0.2, 0.25) is 0 Å². The summed E-state index contributed by atoms with van der Waals surface area (Å²) in [4.78, 5) is 0.384. The Bertz CT molecular complexity index is 798. The third-order valence-electron chi connectivity index (χ3n) is 4.15. The van der Waals surface area contributed by atoms with Crippen LogP contribution in [-0.4, -0.2) is 36.6 Å². The number of rotatable bonds is 1. The quantitative estimate of drug-likeness (QED) is 0.536. The molecule has 0 amide bonds. The standard InChI is InChI=1S/C16H17NO4S/c18-14-7-10-5-6-17-9-13(12(10)8-15(14)19)11-3-1-2-4-16(11)22(20)21/h1-3,7-8,13,17-19H,4-6,9H2. The summed E-state index contributed by atoms with van der Waals surface area (Å²) in [5.41, 5.74) is 2.54. The largest absolute Gasteiger partial charge is 0.504 e. The van der Waals surface area contributed by atoms with E-state index in [2.05, 4.69) is 5.32 Å². The monoisotopic (exact) mass is 319 g/mol. The van der Waals surface area contributed by atoms with E-state index in [1.54, 1.807) is 12.1 Å². The molecule has 1 aromatic carbocycles. The fourth-order valence-corrected chi connectivity index (χ4v) is 3.70. The molecule has 1 unspecified atom stereocenters. The van der Waals surface area contributed by atoms with Gasteiger partial charge in [-0.15, -0.1) is 0 Å². The van der Waals surface area contributed by atoms with Crippen LogP contribution in [0.15, 0.2) is 35.9 Å². The Hall–Kier alpha value is -2.05. The number of phenols is 2. The highest BCUT2D eigenvalue weighted by Crippen LogP contribution is 2.37. The molecule has 5 nitrogen and oxygen atoms in total. The molecule has 0 bridgehead atoms. The minimum Gasteiger partial charge on any atom is -0.504 e. The molecule has 1 aliphatic heterocycles. The summed E-state index contributed by atoms with van der Waals surface area (Å²) in [7, 11) is -2.27. The first-order valence-electron chi connectivity index (χ1n) is 7.15. The van der Waals surface area contributed by atoms with E-state index in [0.717, 1.165) is 29.7 Å². The SMILES string of the molecule is O=S(=O)=C1CC=CC=C1C1CNCCc2cc(O)c(O)cc21. The Kier molecular flexibility index (Phi) is 4.04. The summed E-state index contributed by atoms with van der Waals surface area (Å²) in [6.07, 6.45) is 6.60. The lowest BCUT2D eigenvalue weighted by atomic mass is 9.84. The molecular weight excluding hydrogens is 302 g/mol. The molecule has 1 aromatic rings. The van der Waals surface area contributed by atoms with Gasteiger partial charge in [-0.2, -0.15) is 8.42 Å². The lowest BCUT2D eigenvalue weighted by Gasteiger charge is -2.23. The summed E-state index contributed by atoms with van der Waals surface area (Å²) in [6.45, 7) is 1.34. The van der Waals surface area contributed by atoms with Crippen molar-refractivity contribution >= 4 is 15.2 Å². The van der Waals surface area contributed by atoms with Gasteiger partial charge >= 0.3 is 0 Å². The summed E-state index contributed by atoms with van der Waals surface area (Å²) >= 11 is 0. The van der Waals surface area contributed by atoms with E-state index in [0.29, 0.717) is 17.8 Å². The van der Waals surface area contributed by atoms with E-state index < -0.39 is 10.3 Å². The average Bonchev–Trinajstić information content (AvgIpc) is 2.70. The number of hydrogen-bond donors (Lipinski definition) is 3. The highest BCUT2D eigenvalue weighted by molar-refractivity contribution is 7.73. The Morgan fingerprint density at radius 3 is 2.73 bits per heavy atom. The van der Waals surface area contributed by atoms with E-state index in [1.165, 1.54) is 0 Å². The Morgan fingerprint density at radius 1 is 1.18 bits per heavy atom. The van der Waals surface area contributed by atoms with E-state index in [-0.39, 0.29) is 17.4 Å². The van der Waals surface area contributed by atoms with E-state index in [1.807, 2.05) is 18.2 Å². The summed E-state index contributed by atoms with van der Waals surface area (Å²) in [5.74, 6) is -0.488. The number of phenolic OH excluding ortho intramolecular Hbond substituents is 2. The number of nitrogens with one attached hydrogen (secondary N) is 1. The maximum atomic E-state index is 11.5. The van der Waals surface area contributed by atoms with Crippen LogP contribution in [0, 0.1) is 0 Å². The average molecular weight is 319 g/mol. The normalized spacial score (nSPS) is 21.0. The molecule has 116 valence electrons. The molecule has 22 heavy (non-hydrogen) atoms. The van der Waals surface area contributed by atoms with Crippen molar-refractivity contribution in [1.29, 1.82) is 0 Å². The molecule has 0 radical (unpaired) electrons. The van der Waals surface area contributed by atoms with Gasteiger partial charge in [-0.1, -0.05) is 18.2 Å². The van der Waals surface area contributed by atoms with Crippen molar-refractivity contribution in [2.75, 3.05) is 13.1 Å². The molecule has 0 aromatic heterocycles. The van der Waals surface area contributed by atoms with Gasteiger partial charge in [0, 0.05) is 18.9 Å². The third kappa shape index (κ3) is 2.67. The number of allylic oxidation sites excluding steroid dienone is 3. The first-order valence-corrected chi connectivity index (χ1v) is 8.23. The molecule has 3 rings (SSSR count). The van der Waals surface area contributed by atoms with Crippen LogP contribution in [0.5, 0.6) is 11.5 Å². The van der Waals surface area contributed by atoms with Gasteiger partial charge < -0.3 is 15.5 Å². The maximum Gasteiger partial charge on any atom is 0.217 e. The van der Waals surface area contributed by atoms with Crippen molar-refractivity contribution in [2.24, 2.45) is 0 Å². The second-order valence-electron chi connectivity index (χ2n) is 5.46. The van der Waals surface area contributed by atoms with Crippen LogP contribution >= 0.6 is 0 Å². The highest BCUT2D eigenvalue weighted by Gasteiger charge is 2.27. The molecule has 0 saturated carbocycles. The van der Waals surface area contributed by atoms with Crippen molar-refractivity contribution in [1.82, 2.24) is 5.32 Å². The molecule has 1 aliphatic carbocycles. The zero-order chi connectivity index (χ0) is 15.7. The molecule has 6 heteroatoms. The Balaban J connectivity index is 2.16. The van der Waals surface area contributed by atoms with Gasteiger partial charge in [0.05, 0.1) is 4.86 Å². The van der Waals surface area contributed by atoms with Crippen LogP contribution in [0.1, 0.15) is 23.5 Å². The number of benzene rings is 1. The second kappa shape index (κ2) is 5.98. The van der Waals surface area contributed by atoms with Gasteiger partial charge in [-0.25, -0.2) is 0 Å². The van der Waals surface area contributed by atoms with Crippen molar-refractivity contribution in [3.63, 3.8) is 0 Å². The van der Waals surface area contributed by atoms with Crippen molar-refractivity contribution in [3.05, 3.63) is 47.1 Å². The molecule has 0 saturated heterocycles. The minimum atomic E-state index is -2.27. The van der Waals surface area contributed by atoms with Gasteiger partial charge in [-0.3, -0.25) is 0 Å². The minimum absolute atomic E-state index is 0.145. The highest BCUT2D eigenvalue weighted by atomic mass is 32.2. The van der Waals surface area contributed by atoms with Crippen LogP contribution in [-0.2, 0) is 16.7 Å². The van der Waals surface area contributed by atoms with Gasteiger partial charge in [0.25, 0.3) is 0 Å². The molecule has 0 fully saturated rings. The van der Waals surface area contributed by atoms with E-state index in [9.17, 15) is 18.6 Å².